The minimum atomic E-state index is -4.33. The van der Waals surface area contributed by atoms with E-state index in [1.807, 2.05) is 54.8 Å². The summed E-state index contributed by atoms with van der Waals surface area (Å²) in [5.41, 5.74) is 3.25. The van der Waals surface area contributed by atoms with Crippen molar-refractivity contribution >= 4 is 55.5 Å². The number of anilines is 1. The molecule has 5 rings (SSSR count). The van der Waals surface area contributed by atoms with Gasteiger partial charge < -0.3 is 19.8 Å². The first-order chi connectivity index (χ1) is 19.4. The van der Waals surface area contributed by atoms with E-state index < -0.39 is 33.3 Å². The molecule has 1 saturated carbocycles. The molecule has 1 N–H and O–H groups in total. The van der Waals surface area contributed by atoms with E-state index in [0.29, 0.717) is 24.2 Å². The number of carbonyl (C=O) groups is 3. The predicted octanol–water partition coefficient (Wildman–Crippen LogP) is -0.603. The number of nitrogens with zero attached hydrogens (tertiary/aromatic N) is 1. The number of rotatable bonds is 10. The molecular formula is C31H29N2NaO7S. The van der Waals surface area contributed by atoms with Crippen LogP contribution in [0.1, 0.15) is 37.8 Å². The number of aliphatic carboxylic acids is 1. The summed E-state index contributed by atoms with van der Waals surface area (Å²) in [4.78, 5) is 37.2. The van der Waals surface area contributed by atoms with Crippen molar-refractivity contribution in [3.05, 3.63) is 83.4 Å². The zero-order chi connectivity index (χ0) is 29.5. The topological polar surface area (TPSA) is 147 Å². The van der Waals surface area contributed by atoms with Gasteiger partial charge in [0.05, 0.1) is 21.1 Å². The number of carbonyl (C=O) groups excluding carboxylic acids is 3. The fourth-order valence-electron chi connectivity index (χ4n) is 5.72. The molecule has 0 atom stereocenters. The van der Waals surface area contributed by atoms with Crippen LogP contribution in [0.5, 0.6) is 0 Å². The molecule has 0 bridgehead atoms. The molecular weight excluding hydrogens is 567 g/mol. The van der Waals surface area contributed by atoms with Crippen LogP contribution in [0.2, 0.25) is 0 Å². The zero-order valence-electron chi connectivity index (χ0n) is 23.7. The van der Waals surface area contributed by atoms with Crippen molar-refractivity contribution in [3.8, 4) is 0 Å². The van der Waals surface area contributed by atoms with Crippen molar-refractivity contribution in [1.29, 1.82) is 0 Å². The SMILES string of the molecule is CC1(C)C(C=C2C(=O)C(Nc3ccc(CC(=O)[O-])cc3)C2=O)=[N+](CCCCS(=O)(=O)[O-])c2ccc3ccccc3c21.[Na+]. The molecule has 0 amide bonds. The summed E-state index contributed by atoms with van der Waals surface area (Å²) in [6.45, 7) is 4.47. The van der Waals surface area contributed by atoms with Gasteiger partial charge in [-0.15, -0.1) is 0 Å². The smallest absolute Gasteiger partial charge is 0.748 e. The number of unbranched alkanes of at least 4 members (excludes halogenated alkanes) is 1. The summed E-state index contributed by atoms with van der Waals surface area (Å²) in [6, 6.07) is 17.3. The standard InChI is InChI=1S/C31H30N2O7S.Na/c1-31(2)25(18-23-29(36)28(30(23)37)32-21-12-9-19(10-13-21)17-26(34)35)33(15-5-6-16-41(38,39)40)24-14-11-20-7-3-4-8-22(20)27(24)31;/h3-4,7-14,18,28,32H,5-6,15-17H2,1-2H3,(H-,34,35,38,39,40);/q;+1/p-1. The molecule has 2 aliphatic rings. The molecule has 3 aromatic rings. The van der Waals surface area contributed by atoms with Gasteiger partial charge in [-0.3, -0.25) is 9.59 Å². The van der Waals surface area contributed by atoms with E-state index in [1.165, 1.54) is 0 Å². The summed E-state index contributed by atoms with van der Waals surface area (Å²) in [7, 11) is -4.33. The molecule has 3 aromatic carbocycles. The van der Waals surface area contributed by atoms with Crippen LogP contribution >= 0.6 is 0 Å². The number of fused-ring (bicyclic) bond motifs is 3. The van der Waals surface area contributed by atoms with Crippen LogP contribution < -0.4 is 40.0 Å². The number of Topliss-reactive ketones (excluding diaryl/α,β-unsaturated/α-hetero) is 2. The van der Waals surface area contributed by atoms with Gasteiger partial charge in [0.15, 0.2) is 23.3 Å². The number of benzene rings is 3. The Morgan fingerprint density at radius 1 is 1.00 bits per heavy atom. The summed E-state index contributed by atoms with van der Waals surface area (Å²) in [5.74, 6) is -2.36. The van der Waals surface area contributed by atoms with Crippen LogP contribution in [-0.4, -0.2) is 59.1 Å². The van der Waals surface area contributed by atoms with Crippen molar-refractivity contribution in [2.75, 3.05) is 17.6 Å². The third-order valence-electron chi connectivity index (χ3n) is 7.73. The van der Waals surface area contributed by atoms with Crippen molar-refractivity contribution < 1.29 is 66.6 Å². The molecule has 212 valence electrons. The van der Waals surface area contributed by atoms with Crippen LogP contribution in [-0.2, 0) is 36.3 Å². The molecule has 1 aliphatic heterocycles. The van der Waals surface area contributed by atoms with E-state index in [-0.39, 0.29) is 59.5 Å². The quantitative estimate of drug-likeness (QED) is 0.0621. The number of hydrogen-bond donors (Lipinski definition) is 1. The van der Waals surface area contributed by atoms with E-state index in [0.717, 1.165) is 27.7 Å². The first kappa shape index (κ1) is 31.8. The minimum Gasteiger partial charge on any atom is -0.748 e. The van der Waals surface area contributed by atoms with Crippen molar-refractivity contribution in [3.63, 3.8) is 0 Å². The van der Waals surface area contributed by atoms with E-state index in [9.17, 15) is 32.5 Å². The molecule has 9 nitrogen and oxygen atoms in total. The van der Waals surface area contributed by atoms with Crippen LogP contribution in [0.25, 0.3) is 10.8 Å². The van der Waals surface area contributed by atoms with Gasteiger partial charge in [0, 0.05) is 48.0 Å². The third-order valence-corrected chi connectivity index (χ3v) is 8.52. The van der Waals surface area contributed by atoms with E-state index in [1.54, 1.807) is 30.3 Å². The average Bonchev–Trinajstić information content (AvgIpc) is 3.13. The fraction of sp³-hybridized carbons (Fsp3) is 0.290. The number of carboxylic acid groups (broad SMARTS) is 1. The molecule has 0 radical (unpaired) electrons. The molecule has 11 heteroatoms. The normalized spacial score (nSPS) is 17.5. The average molecular weight is 597 g/mol. The summed E-state index contributed by atoms with van der Waals surface area (Å²) in [6.07, 6.45) is 2.03. The molecule has 1 aliphatic carbocycles. The van der Waals surface area contributed by atoms with Gasteiger partial charge >= 0.3 is 29.6 Å². The minimum absolute atomic E-state index is 0. The number of allylic oxidation sites excluding steroid dienone is 1. The second-order valence-electron chi connectivity index (χ2n) is 10.9. The Morgan fingerprint density at radius 3 is 2.31 bits per heavy atom. The number of carboxylic acids is 1. The second-order valence-corrected chi connectivity index (χ2v) is 12.4. The predicted molar refractivity (Wildman–Crippen MR) is 151 cm³/mol. The maximum atomic E-state index is 13.2. The molecule has 0 aromatic heterocycles. The Kier molecular flexibility index (Phi) is 9.25. The molecule has 0 saturated heterocycles. The Morgan fingerprint density at radius 2 is 1.67 bits per heavy atom. The van der Waals surface area contributed by atoms with Gasteiger partial charge in [0.2, 0.25) is 5.69 Å². The van der Waals surface area contributed by atoms with Crippen molar-refractivity contribution in [1.82, 2.24) is 0 Å². The number of ketones is 2. The van der Waals surface area contributed by atoms with Gasteiger partial charge in [-0.2, -0.15) is 4.58 Å². The van der Waals surface area contributed by atoms with E-state index in [2.05, 4.69) is 5.32 Å². The molecule has 1 heterocycles. The Labute approximate surface area is 266 Å². The van der Waals surface area contributed by atoms with Gasteiger partial charge in [-0.05, 0) is 54.8 Å². The number of hydrogen-bond acceptors (Lipinski definition) is 8. The molecule has 1 fully saturated rings. The summed E-state index contributed by atoms with van der Waals surface area (Å²) < 4.78 is 35.4. The first-order valence-electron chi connectivity index (χ1n) is 13.3. The van der Waals surface area contributed by atoms with Gasteiger partial charge in [-0.1, -0.05) is 36.4 Å². The van der Waals surface area contributed by atoms with Gasteiger partial charge in [0.1, 0.15) is 6.54 Å². The third kappa shape index (κ3) is 6.28. The summed E-state index contributed by atoms with van der Waals surface area (Å²) >= 11 is 0. The van der Waals surface area contributed by atoms with Crippen LogP contribution in [0.15, 0.2) is 72.3 Å². The van der Waals surface area contributed by atoms with Crippen LogP contribution in [0, 0.1) is 0 Å². The van der Waals surface area contributed by atoms with Gasteiger partial charge in [0.25, 0.3) is 0 Å². The zero-order valence-corrected chi connectivity index (χ0v) is 26.5. The Bertz CT molecular complexity index is 1740. The first-order valence-corrected chi connectivity index (χ1v) is 14.9. The van der Waals surface area contributed by atoms with Crippen LogP contribution in [0.3, 0.4) is 0 Å². The van der Waals surface area contributed by atoms with E-state index >= 15 is 0 Å². The summed E-state index contributed by atoms with van der Waals surface area (Å²) in [5, 5.41) is 15.8. The number of nitrogens with one attached hydrogen (secondary N) is 1. The Balaban J connectivity index is 0.00000405. The fourth-order valence-corrected chi connectivity index (χ4v) is 6.28. The molecule has 0 unspecified atom stereocenters. The van der Waals surface area contributed by atoms with Crippen molar-refractivity contribution in [2.45, 2.75) is 44.6 Å². The van der Waals surface area contributed by atoms with Crippen molar-refractivity contribution in [2.24, 2.45) is 0 Å². The molecule has 0 spiro atoms. The largest absolute Gasteiger partial charge is 1.00 e. The Hall–Kier alpha value is -3.15. The monoisotopic (exact) mass is 596 g/mol. The molecule has 42 heavy (non-hydrogen) atoms. The maximum absolute atomic E-state index is 13.2. The van der Waals surface area contributed by atoms with Gasteiger partial charge in [-0.25, -0.2) is 8.42 Å². The van der Waals surface area contributed by atoms with Crippen LogP contribution in [0.4, 0.5) is 11.4 Å². The second kappa shape index (κ2) is 12.2. The maximum Gasteiger partial charge on any atom is 1.00 e. The van der Waals surface area contributed by atoms with E-state index in [4.69, 9.17) is 0 Å².